The minimum atomic E-state index is -5.00. The zero-order valence-electron chi connectivity index (χ0n) is 19.1. The van der Waals surface area contributed by atoms with E-state index in [0.29, 0.717) is 38.2 Å². The molecule has 2 aromatic carbocycles. The van der Waals surface area contributed by atoms with E-state index in [1.165, 1.54) is 23.7 Å². The fourth-order valence-electron chi connectivity index (χ4n) is 3.94. The number of fused-ring (bicyclic) bond motifs is 2. The first-order chi connectivity index (χ1) is 17.6. The number of thiophene rings is 1. The van der Waals surface area contributed by atoms with Crippen LogP contribution in [0, 0.1) is 0 Å². The summed E-state index contributed by atoms with van der Waals surface area (Å²) >= 11 is 1.24. The maximum absolute atomic E-state index is 13.4. The molecule has 186 valence electrons. The Labute approximate surface area is 211 Å². The van der Waals surface area contributed by atoms with E-state index in [1.54, 1.807) is 54.0 Å². The summed E-state index contributed by atoms with van der Waals surface area (Å²) in [5.74, 6) is -2.13. The number of alkyl halides is 3. The lowest BCUT2D eigenvalue weighted by Crippen LogP contribution is -2.23. The average Bonchev–Trinajstić information content (AvgIpc) is 3.33. The highest BCUT2D eigenvalue weighted by molar-refractivity contribution is 7.18. The fourth-order valence-corrected chi connectivity index (χ4v) is 4.84. The van der Waals surface area contributed by atoms with E-state index >= 15 is 0 Å². The van der Waals surface area contributed by atoms with Gasteiger partial charge < -0.3 is 16.0 Å². The van der Waals surface area contributed by atoms with Gasteiger partial charge in [-0.15, -0.1) is 11.3 Å². The van der Waals surface area contributed by atoms with Crippen molar-refractivity contribution < 1.29 is 22.8 Å². The molecule has 3 heterocycles. The number of Topliss-reactive ketones (excluding diaryl/α,β-unsaturated/α-hetero) is 1. The van der Waals surface area contributed by atoms with Gasteiger partial charge in [-0.2, -0.15) is 13.2 Å². The molecular weight excluding hydrogens is 505 g/mol. The number of hydrogen-bond donors (Lipinski definition) is 2. The van der Waals surface area contributed by atoms with Crippen LogP contribution < -0.4 is 16.0 Å². The summed E-state index contributed by atoms with van der Waals surface area (Å²) < 4.78 is 39.6. The smallest absolute Gasteiger partial charge is 0.382 e. The molecule has 0 aliphatic carbocycles. The molecule has 12 heteroatoms. The van der Waals surface area contributed by atoms with Crippen LogP contribution in [-0.2, 0) is 0 Å². The third kappa shape index (κ3) is 4.42. The second kappa shape index (κ2) is 9.13. The van der Waals surface area contributed by atoms with Crippen molar-refractivity contribution in [3.8, 4) is 0 Å². The maximum atomic E-state index is 13.4. The molecule has 0 bridgehead atoms. The van der Waals surface area contributed by atoms with Gasteiger partial charge in [0.1, 0.15) is 12.1 Å². The first-order valence-corrected chi connectivity index (χ1v) is 11.6. The van der Waals surface area contributed by atoms with Crippen LogP contribution in [0.1, 0.15) is 20.7 Å². The summed E-state index contributed by atoms with van der Waals surface area (Å²) in [5, 5.41) is 5.95. The molecule has 0 saturated heterocycles. The van der Waals surface area contributed by atoms with Crippen molar-refractivity contribution in [1.29, 1.82) is 0 Å². The second-order valence-electron chi connectivity index (χ2n) is 8.03. The van der Waals surface area contributed by atoms with Gasteiger partial charge in [0, 0.05) is 46.8 Å². The van der Waals surface area contributed by atoms with Gasteiger partial charge in [-0.1, -0.05) is 18.2 Å². The molecule has 0 spiro atoms. The summed E-state index contributed by atoms with van der Waals surface area (Å²) in [4.78, 5) is 39.1. The molecule has 0 aliphatic heterocycles. The first-order valence-electron chi connectivity index (χ1n) is 10.8. The lowest BCUT2D eigenvalue weighted by molar-refractivity contribution is -0.0885. The number of nitrogens with zero attached hydrogens (tertiary/aromatic N) is 4. The molecule has 0 fully saturated rings. The number of amides is 1. The van der Waals surface area contributed by atoms with Crippen LogP contribution in [-0.4, -0.2) is 39.9 Å². The third-order valence-electron chi connectivity index (χ3n) is 5.78. The number of pyridine rings is 1. The minimum Gasteiger partial charge on any atom is -0.382 e. The van der Waals surface area contributed by atoms with E-state index in [4.69, 9.17) is 5.73 Å². The molecule has 5 rings (SSSR count). The van der Waals surface area contributed by atoms with Gasteiger partial charge in [0.05, 0.1) is 27.2 Å². The van der Waals surface area contributed by atoms with Crippen molar-refractivity contribution in [2.75, 3.05) is 23.0 Å². The molecule has 3 aromatic heterocycles. The average molecular weight is 523 g/mol. The summed E-state index contributed by atoms with van der Waals surface area (Å²) in [6, 6.07) is 10.4. The van der Waals surface area contributed by atoms with Crippen LogP contribution in [0.4, 0.5) is 36.1 Å². The number of carbonyl (C=O) groups is 2. The van der Waals surface area contributed by atoms with Gasteiger partial charge in [-0.25, -0.2) is 9.97 Å². The molecule has 3 N–H and O–H groups in total. The molecule has 0 saturated carbocycles. The van der Waals surface area contributed by atoms with Crippen LogP contribution >= 0.6 is 11.3 Å². The normalized spacial score (nSPS) is 11.6. The Bertz CT molecular complexity index is 1680. The van der Waals surface area contributed by atoms with E-state index in [0.717, 1.165) is 17.5 Å². The zero-order chi connectivity index (χ0) is 26.3. The van der Waals surface area contributed by atoms with Crippen molar-refractivity contribution in [3.05, 3.63) is 77.7 Å². The van der Waals surface area contributed by atoms with Gasteiger partial charge >= 0.3 is 6.18 Å². The number of nitrogen functional groups attached to an aromatic ring is 1. The molecule has 0 radical (unpaired) electrons. The quantitative estimate of drug-likeness (QED) is 0.289. The molecular formula is C25H17F3N6O2S. The van der Waals surface area contributed by atoms with E-state index < -0.39 is 23.4 Å². The van der Waals surface area contributed by atoms with Crippen molar-refractivity contribution in [2.24, 2.45) is 0 Å². The molecule has 37 heavy (non-hydrogen) atoms. The van der Waals surface area contributed by atoms with Crippen LogP contribution in [0.25, 0.3) is 21.0 Å². The van der Waals surface area contributed by atoms with Gasteiger partial charge in [0.25, 0.3) is 11.7 Å². The number of nitrogens with two attached hydrogens (primary N) is 1. The van der Waals surface area contributed by atoms with Crippen molar-refractivity contribution in [3.63, 3.8) is 0 Å². The Morgan fingerprint density at radius 3 is 2.70 bits per heavy atom. The number of halogens is 3. The lowest BCUT2D eigenvalue weighted by Gasteiger charge is -2.24. The van der Waals surface area contributed by atoms with Crippen molar-refractivity contribution >= 4 is 66.9 Å². The van der Waals surface area contributed by atoms with Gasteiger partial charge in [-0.05, 0) is 24.3 Å². The van der Waals surface area contributed by atoms with Crippen LogP contribution in [0.3, 0.4) is 0 Å². The Kier molecular flexibility index (Phi) is 5.96. The third-order valence-corrected chi connectivity index (χ3v) is 6.77. The minimum absolute atomic E-state index is 0.263. The number of nitrogens with one attached hydrogen (secondary N) is 1. The van der Waals surface area contributed by atoms with Gasteiger partial charge in [-0.3, -0.25) is 14.6 Å². The van der Waals surface area contributed by atoms with Gasteiger partial charge in [0.2, 0.25) is 0 Å². The predicted molar refractivity (Wildman–Crippen MR) is 136 cm³/mol. The first kappa shape index (κ1) is 24.1. The number of ketones is 1. The van der Waals surface area contributed by atoms with Crippen LogP contribution in [0.5, 0.6) is 0 Å². The van der Waals surface area contributed by atoms with Crippen LogP contribution in [0.15, 0.2) is 66.6 Å². The van der Waals surface area contributed by atoms with Crippen molar-refractivity contribution in [1.82, 2.24) is 15.0 Å². The lowest BCUT2D eigenvalue weighted by atomic mass is 10.1. The Morgan fingerprint density at radius 2 is 1.92 bits per heavy atom. The van der Waals surface area contributed by atoms with E-state index in [9.17, 15) is 22.8 Å². The number of benzene rings is 2. The fraction of sp³-hybridized carbons (Fsp3) is 0.0800. The summed E-state index contributed by atoms with van der Waals surface area (Å²) in [7, 11) is 1.63. The number of anilines is 4. The van der Waals surface area contributed by atoms with Crippen molar-refractivity contribution in [2.45, 2.75) is 6.18 Å². The number of hydrogen-bond acceptors (Lipinski definition) is 8. The SMILES string of the molecule is CN(c1cccc(C(=O)C(F)(F)F)c1)c1ccc2cnccc2c1NC(=O)c1csc2c(N)ncnc12. The Morgan fingerprint density at radius 1 is 1.11 bits per heavy atom. The summed E-state index contributed by atoms with van der Waals surface area (Å²) in [5.41, 5.74) is 7.33. The molecule has 5 aromatic rings. The maximum Gasteiger partial charge on any atom is 0.454 e. The molecule has 0 atom stereocenters. The summed E-state index contributed by atoms with van der Waals surface area (Å²) in [6.45, 7) is 0. The predicted octanol–water partition coefficient (Wildman–Crippen LogP) is 5.59. The van der Waals surface area contributed by atoms with E-state index in [2.05, 4.69) is 20.3 Å². The zero-order valence-corrected chi connectivity index (χ0v) is 19.9. The summed E-state index contributed by atoms with van der Waals surface area (Å²) in [6.07, 6.45) is -0.522. The Balaban J connectivity index is 1.59. The molecule has 8 nitrogen and oxygen atoms in total. The standard InChI is InChI=1S/C25H17F3N6O2S/c1-34(15-4-2-3-13(9-15)22(35)25(26,27)28)18-6-5-14-10-30-8-7-16(14)19(18)33-24(36)17-11-37-21-20(17)31-12-32-23(21)29/h2-12H,1H3,(H,33,36)(H2,29,31,32). The monoisotopic (exact) mass is 522 g/mol. The molecule has 1 amide bonds. The molecule has 0 aliphatic rings. The highest BCUT2D eigenvalue weighted by Crippen LogP contribution is 2.38. The number of rotatable bonds is 5. The number of carbonyl (C=O) groups excluding carboxylic acids is 2. The number of aromatic nitrogens is 3. The Hall–Kier alpha value is -4.58. The highest BCUT2D eigenvalue weighted by Gasteiger charge is 2.39. The molecule has 0 unspecified atom stereocenters. The van der Waals surface area contributed by atoms with E-state index in [1.807, 2.05) is 0 Å². The second-order valence-corrected chi connectivity index (χ2v) is 8.91. The van der Waals surface area contributed by atoms with Crippen LogP contribution in [0.2, 0.25) is 0 Å². The van der Waals surface area contributed by atoms with E-state index in [-0.39, 0.29) is 5.82 Å². The topological polar surface area (TPSA) is 114 Å². The largest absolute Gasteiger partial charge is 0.454 e. The van der Waals surface area contributed by atoms with Gasteiger partial charge in [0.15, 0.2) is 0 Å². The highest BCUT2D eigenvalue weighted by atomic mass is 32.1.